The average Bonchev–Trinajstić information content (AvgIpc) is 2.32. The molecule has 0 aliphatic rings. The lowest BCUT2D eigenvalue weighted by Gasteiger charge is -2.17. The number of carboxylic acids is 1. The van der Waals surface area contributed by atoms with Gasteiger partial charge in [0.25, 0.3) is 0 Å². The first-order valence-electron chi connectivity index (χ1n) is 5.44. The van der Waals surface area contributed by atoms with E-state index in [9.17, 15) is 9.90 Å². The molecule has 0 aromatic carbocycles. The molecule has 1 atom stereocenters. The monoisotopic (exact) mass is 255 g/mol. The SMILES string of the molecule is COCC(CO)Nc1nnc(C)c(C)c1C(=O)O. The Bertz CT molecular complexity index is 437. The van der Waals surface area contributed by atoms with Gasteiger partial charge in [0, 0.05) is 7.11 Å². The summed E-state index contributed by atoms with van der Waals surface area (Å²) in [6.07, 6.45) is 0. The van der Waals surface area contributed by atoms with Crippen LogP contribution in [-0.4, -0.2) is 52.7 Å². The van der Waals surface area contributed by atoms with Crippen LogP contribution in [0.25, 0.3) is 0 Å². The number of hydrogen-bond acceptors (Lipinski definition) is 6. The molecule has 7 nitrogen and oxygen atoms in total. The maximum atomic E-state index is 11.2. The number of methoxy groups -OCH3 is 1. The summed E-state index contributed by atoms with van der Waals surface area (Å²) in [6, 6.07) is -0.426. The van der Waals surface area contributed by atoms with E-state index < -0.39 is 12.0 Å². The predicted octanol–water partition coefficient (Wildman–Crippen LogP) is 0.211. The molecule has 0 fully saturated rings. The van der Waals surface area contributed by atoms with Gasteiger partial charge in [-0.05, 0) is 19.4 Å². The van der Waals surface area contributed by atoms with Crippen LogP contribution >= 0.6 is 0 Å². The first kappa shape index (κ1) is 14.3. The fourth-order valence-corrected chi connectivity index (χ4v) is 1.51. The van der Waals surface area contributed by atoms with Crippen molar-refractivity contribution in [2.24, 2.45) is 0 Å². The molecule has 1 aromatic rings. The zero-order valence-electron chi connectivity index (χ0n) is 10.6. The third-order valence-corrected chi connectivity index (χ3v) is 2.60. The molecule has 0 radical (unpaired) electrons. The second-order valence-corrected chi connectivity index (χ2v) is 3.92. The quantitative estimate of drug-likeness (QED) is 0.667. The number of aromatic carboxylic acids is 1. The Labute approximate surface area is 105 Å². The van der Waals surface area contributed by atoms with Gasteiger partial charge in [0.1, 0.15) is 5.56 Å². The van der Waals surface area contributed by atoms with Gasteiger partial charge in [0.15, 0.2) is 5.82 Å². The number of aryl methyl sites for hydroxylation is 1. The number of carboxylic acid groups (broad SMARTS) is 1. The average molecular weight is 255 g/mol. The molecule has 0 aliphatic heterocycles. The summed E-state index contributed by atoms with van der Waals surface area (Å²) in [5.74, 6) is -0.941. The normalized spacial score (nSPS) is 12.2. The maximum Gasteiger partial charge on any atom is 0.339 e. The summed E-state index contributed by atoms with van der Waals surface area (Å²) in [6.45, 7) is 3.41. The Kier molecular flexibility index (Phi) is 4.99. The van der Waals surface area contributed by atoms with E-state index in [1.807, 2.05) is 0 Å². The molecule has 1 rings (SSSR count). The first-order valence-corrected chi connectivity index (χ1v) is 5.44. The van der Waals surface area contributed by atoms with Crippen LogP contribution in [0.4, 0.5) is 5.82 Å². The summed E-state index contributed by atoms with van der Waals surface area (Å²) in [5, 5.41) is 28.8. The van der Waals surface area contributed by atoms with Crippen LogP contribution in [0.1, 0.15) is 21.6 Å². The lowest BCUT2D eigenvalue weighted by atomic mass is 10.1. The van der Waals surface area contributed by atoms with Gasteiger partial charge in [-0.2, -0.15) is 5.10 Å². The topological polar surface area (TPSA) is 105 Å². The van der Waals surface area contributed by atoms with Crippen LogP contribution in [0.15, 0.2) is 0 Å². The van der Waals surface area contributed by atoms with E-state index in [-0.39, 0.29) is 24.6 Å². The highest BCUT2D eigenvalue weighted by atomic mass is 16.5. The summed E-state index contributed by atoms with van der Waals surface area (Å²) >= 11 is 0. The Morgan fingerprint density at radius 1 is 1.44 bits per heavy atom. The summed E-state index contributed by atoms with van der Waals surface area (Å²) in [4.78, 5) is 11.2. The van der Waals surface area contributed by atoms with Crippen molar-refractivity contribution >= 4 is 11.8 Å². The maximum absolute atomic E-state index is 11.2. The van der Waals surface area contributed by atoms with Crippen molar-refractivity contribution in [3.63, 3.8) is 0 Å². The standard InChI is InChI=1S/C11H17N3O4/c1-6-7(2)13-14-10(9(6)11(16)17)12-8(4-15)5-18-3/h8,15H,4-5H2,1-3H3,(H,12,14)(H,16,17). The molecule has 0 saturated carbocycles. The van der Waals surface area contributed by atoms with Crippen LogP contribution < -0.4 is 5.32 Å². The van der Waals surface area contributed by atoms with Crippen LogP contribution in [-0.2, 0) is 4.74 Å². The molecule has 0 amide bonds. The lowest BCUT2D eigenvalue weighted by Crippen LogP contribution is -2.30. The highest BCUT2D eigenvalue weighted by Gasteiger charge is 2.19. The summed E-state index contributed by atoms with van der Waals surface area (Å²) in [5.41, 5.74) is 1.18. The number of nitrogens with zero attached hydrogens (tertiary/aromatic N) is 2. The van der Waals surface area contributed by atoms with Crippen LogP contribution in [0.3, 0.4) is 0 Å². The van der Waals surface area contributed by atoms with E-state index in [1.165, 1.54) is 7.11 Å². The van der Waals surface area contributed by atoms with E-state index in [1.54, 1.807) is 13.8 Å². The van der Waals surface area contributed by atoms with Gasteiger partial charge in [0.05, 0.1) is 24.9 Å². The highest BCUT2D eigenvalue weighted by Crippen LogP contribution is 2.19. The molecule has 1 aromatic heterocycles. The number of anilines is 1. The summed E-state index contributed by atoms with van der Waals surface area (Å²) < 4.78 is 4.90. The molecule has 1 unspecified atom stereocenters. The van der Waals surface area contributed by atoms with Crippen LogP contribution in [0.5, 0.6) is 0 Å². The third kappa shape index (κ3) is 3.14. The van der Waals surface area contributed by atoms with Gasteiger partial charge < -0.3 is 20.3 Å². The van der Waals surface area contributed by atoms with E-state index in [4.69, 9.17) is 9.84 Å². The Morgan fingerprint density at radius 3 is 2.61 bits per heavy atom. The molecule has 3 N–H and O–H groups in total. The minimum atomic E-state index is -1.08. The predicted molar refractivity (Wildman–Crippen MR) is 64.8 cm³/mol. The molecule has 1 heterocycles. The van der Waals surface area contributed by atoms with Gasteiger partial charge in [-0.1, -0.05) is 0 Å². The minimum absolute atomic E-state index is 0.0667. The Balaban J connectivity index is 3.08. The van der Waals surface area contributed by atoms with Crippen molar-refractivity contribution in [1.82, 2.24) is 10.2 Å². The van der Waals surface area contributed by atoms with E-state index in [0.717, 1.165) is 0 Å². The number of aromatic nitrogens is 2. The molecule has 7 heteroatoms. The molecule has 18 heavy (non-hydrogen) atoms. The van der Waals surface area contributed by atoms with Gasteiger partial charge in [-0.3, -0.25) is 0 Å². The number of rotatable bonds is 6. The molecule has 0 saturated heterocycles. The van der Waals surface area contributed by atoms with Gasteiger partial charge >= 0.3 is 5.97 Å². The van der Waals surface area contributed by atoms with Crippen molar-refractivity contribution in [1.29, 1.82) is 0 Å². The summed E-state index contributed by atoms with van der Waals surface area (Å²) in [7, 11) is 1.49. The number of carbonyl (C=O) groups is 1. The number of nitrogens with one attached hydrogen (secondary N) is 1. The van der Waals surface area contributed by atoms with Crippen molar-refractivity contribution < 1.29 is 19.7 Å². The highest BCUT2D eigenvalue weighted by molar-refractivity contribution is 5.94. The molecule has 100 valence electrons. The van der Waals surface area contributed by atoms with Crippen LogP contribution in [0.2, 0.25) is 0 Å². The zero-order valence-corrected chi connectivity index (χ0v) is 10.6. The van der Waals surface area contributed by atoms with E-state index in [0.29, 0.717) is 11.3 Å². The van der Waals surface area contributed by atoms with Crippen molar-refractivity contribution in [3.8, 4) is 0 Å². The third-order valence-electron chi connectivity index (χ3n) is 2.60. The number of ether oxygens (including phenoxy) is 1. The van der Waals surface area contributed by atoms with Crippen molar-refractivity contribution in [2.45, 2.75) is 19.9 Å². The first-order chi connectivity index (χ1) is 8.51. The molecular weight excluding hydrogens is 238 g/mol. The largest absolute Gasteiger partial charge is 0.478 e. The number of aliphatic hydroxyl groups is 1. The van der Waals surface area contributed by atoms with Gasteiger partial charge in [-0.25, -0.2) is 4.79 Å². The van der Waals surface area contributed by atoms with Crippen molar-refractivity contribution in [3.05, 3.63) is 16.8 Å². The Morgan fingerprint density at radius 2 is 2.11 bits per heavy atom. The molecular formula is C11H17N3O4. The second kappa shape index (κ2) is 6.27. The lowest BCUT2D eigenvalue weighted by molar-refractivity contribution is 0.0696. The van der Waals surface area contributed by atoms with Crippen LogP contribution in [0, 0.1) is 13.8 Å². The van der Waals surface area contributed by atoms with E-state index in [2.05, 4.69) is 15.5 Å². The molecule has 0 aliphatic carbocycles. The smallest absolute Gasteiger partial charge is 0.339 e. The van der Waals surface area contributed by atoms with Gasteiger partial charge in [0.2, 0.25) is 0 Å². The fourth-order valence-electron chi connectivity index (χ4n) is 1.51. The minimum Gasteiger partial charge on any atom is -0.478 e. The molecule has 0 bridgehead atoms. The van der Waals surface area contributed by atoms with Gasteiger partial charge in [-0.15, -0.1) is 5.10 Å². The van der Waals surface area contributed by atoms with E-state index >= 15 is 0 Å². The van der Waals surface area contributed by atoms with Crippen molar-refractivity contribution in [2.75, 3.05) is 25.6 Å². The second-order valence-electron chi connectivity index (χ2n) is 3.92. The Hall–Kier alpha value is -1.73. The fraction of sp³-hybridized carbons (Fsp3) is 0.545. The number of hydrogen-bond donors (Lipinski definition) is 3. The zero-order chi connectivity index (χ0) is 13.7. The number of aliphatic hydroxyl groups excluding tert-OH is 1. The molecule has 0 spiro atoms.